The lowest BCUT2D eigenvalue weighted by atomic mass is 9.88. The van der Waals surface area contributed by atoms with E-state index in [1.54, 1.807) is 0 Å². The van der Waals surface area contributed by atoms with Gasteiger partial charge in [-0.2, -0.15) is 13.2 Å². The molecule has 13 nitrogen and oxygen atoms in total. The van der Waals surface area contributed by atoms with Gasteiger partial charge in [0.1, 0.15) is 25.4 Å². The Morgan fingerprint density at radius 3 is 2.43 bits per heavy atom. The van der Waals surface area contributed by atoms with Crippen LogP contribution in [0.25, 0.3) is 0 Å². The minimum atomic E-state index is -4.76. The Bertz CT molecular complexity index is 1220. The van der Waals surface area contributed by atoms with Gasteiger partial charge in [0.25, 0.3) is 5.79 Å². The summed E-state index contributed by atoms with van der Waals surface area (Å²) in [4.78, 5) is 36.7. The fourth-order valence-electron chi connectivity index (χ4n) is 4.68. The summed E-state index contributed by atoms with van der Waals surface area (Å²) in [5.74, 6) is -3.68. The average Bonchev–Trinajstić information content (AvgIpc) is 2.99. The number of halogens is 4. The zero-order valence-electron chi connectivity index (χ0n) is 24.7. The molecule has 258 valence electrons. The van der Waals surface area contributed by atoms with Crippen molar-refractivity contribution in [3.05, 3.63) is 34.3 Å². The number of carboxylic acids is 1. The van der Waals surface area contributed by atoms with E-state index in [0.29, 0.717) is 38.4 Å². The molecule has 6 atom stereocenters. The quantitative estimate of drug-likeness (QED) is 0.0833. The highest BCUT2D eigenvalue weighted by molar-refractivity contribution is 6.31. The van der Waals surface area contributed by atoms with Crippen LogP contribution in [-0.2, 0) is 41.2 Å². The van der Waals surface area contributed by atoms with Crippen molar-refractivity contribution in [2.45, 2.75) is 80.9 Å². The van der Waals surface area contributed by atoms with Gasteiger partial charge in [-0.1, -0.05) is 36.4 Å². The molecule has 0 aliphatic carbocycles. The molecular weight excluding hydrogens is 645 g/mol. The molecule has 0 bridgehead atoms. The minimum Gasteiger partial charge on any atom is -0.477 e. The lowest BCUT2D eigenvalue weighted by Crippen LogP contribution is -2.68. The maximum atomic E-state index is 13.1. The zero-order valence-corrected chi connectivity index (χ0v) is 25.4. The number of aliphatic hydroxyl groups excluding tert-OH is 4. The van der Waals surface area contributed by atoms with Crippen LogP contribution in [0.15, 0.2) is 18.2 Å². The van der Waals surface area contributed by atoms with Crippen molar-refractivity contribution in [1.29, 1.82) is 0 Å². The van der Waals surface area contributed by atoms with Gasteiger partial charge in [-0.15, -0.1) is 6.42 Å². The molecule has 1 aliphatic rings. The summed E-state index contributed by atoms with van der Waals surface area (Å²) in [5, 5.41) is 55.5. The van der Waals surface area contributed by atoms with Crippen molar-refractivity contribution in [1.82, 2.24) is 10.6 Å². The summed E-state index contributed by atoms with van der Waals surface area (Å²) in [6.45, 7) is -1.22. The predicted molar refractivity (Wildman–Crippen MR) is 154 cm³/mol. The van der Waals surface area contributed by atoms with E-state index in [9.17, 15) is 48.0 Å². The van der Waals surface area contributed by atoms with Gasteiger partial charge in [0.2, 0.25) is 11.8 Å². The van der Waals surface area contributed by atoms with E-state index in [1.807, 2.05) is 0 Å². The smallest absolute Gasteiger partial charge is 0.417 e. The highest BCUT2D eigenvalue weighted by atomic mass is 35.5. The van der Waals surface area contributed by atoms with Crippen LogP contribution in [0.2, 0.25) is 5.02 Å². The van der Waals surface area contributed by atoms with E-state index in [0.717, 1.165) is 6.07 Å². The first-order valence-corrected chi connectivity index (χ1v) is 14.7. The van der Waals surface area contributed by atoms with Crippen LogP contribution in [0, 0.1) is 12.3 Å². The lowest BCUT2D eigenvalue weighted by molar-refractivity contribution is -0.310. The molecule has 17 heteroatoms. The monoisotopic (exact) mass is 682 g/mol. The molecule has 1 fully saturated rings. The second-order valence-corrected chi connectivity index (χ2v) is 10.9. The minimum absolute atomic E-state index is 0.0459. The molecule has 0 aromatic heterocycles. The van der Waals surface area contributed by atoms with E-state index in [4.69, 9.17) is 37.3 Å². The molecule has 2 amide bonds. The summed E-state index contributed by atoms with van der Waals surface area (Å²) in [6.07, 6.45) is -5.99. The van der Waals surface area contributed by atoms with Crippen LogP contribution >= 0.6 is 11.6 Å². The van der Waals surface area contributed by atoms with Gasteiger partial charge in [-0.05, 0) is 30.5 Å². The third kappa shape index (κ3) is 11.7. The Hall–Kier alpha value is -3.01. The van der Waals surface area contributed by atoms with Crippen LogP contribution < -0.4 is 10.6 Å². The van der Waals surface area contributed by atoms with Crippen molar-refractivity contribution in [2.75, 3.05) is 33.0 Å². The third-order valence-corrected chi connectivity index (χ3v) is 7.34. The van der Waals surface area contributed by atoms with Crippen LogP contribution in [0.4, 0.5) is 13.2 Å². The predicted octanol–water partition coefficient (Wildman–Crippen LogP) is 0.374. The van der Waals surface area contributed by atoms with Gasteiger partial charge in [-0.25, -0.2) is 4.79 Å². The van der Waals surface area contributed by atoms with E-state index in [1.165, 1.54) is 6.07 Å². The van der Waals surface area contributed by atoms with Crippen LogP contribution in [0.3, 0.4) is 0 Å². The Labute approximate surface area is 268 Å². The number of alkyl halides is 3. The van der Waals surface area contributed by atoms with Crippen molar-refractivity contribution in [3.8, 4) is 12.3 Å². The van der Waals surface area contributed by atoms with Crippen molar-refractivity contribution < 1.29 is 67.3 Å². The SMILES string of the molecule is C#CCOCCCCCCO[C@]1(C(=O)O)C[C@H](O)[C@@H](NC(=O)CO)[C@H]([C@H](O)[C@H](O)CNC(=O)Cc2ccc(Cl)c(C(F)(F)F)c2)O1. The second kappa shape index (κ2) is 18.4. The van der Waals surface area contributed by atoms with Crippen LogP contribution in [0.1, 0.15) is 43.2 Å². The van der Waals surface area contributed by atoms with Gasteiger partial charge in [0.05, 0.1) is 41.9 Å². The van der Waals surface area contributed by atoms with Gasteiger partial charge in [0, 0.05) is 19.6 Å². The number of ether oxygens (including phenoxy) is 3. The number of hydrogen-bond donors (Lipinski definition) is 7. The highest BCUT2D eigenvalue weighted by Gasteiger charge is 2.55. The maximum absolute atomic E-state index is 13.1. The number of aliphatic carboxylic acids is 1. The number of terminal acetylenes is 1. The number of benzene rings is 1. The van der Waals surface area contributed by atoms with Crippen LogP contribution in [-0.4, -0.2) is 113 Å². The first-order chi connectivity index (χ1) is 21.6. The number of unbranched alkanes of at least 4 members (excludes halogenated alkanes) is 3. The fourth-order valence-corrected chi connectivity index (χ4v) is 4.91. The summed E-state index contributed by atoms with van der Waals surface area (Å²) < 4.78 is 55.8. The van der Waals surface area contributed by atoms with Crippen LogP contribution in [0.5, 0.6) is 0 Å². The Morgan fingerprint density at radius 1 is 1.15 bits per heavy atom. The van der Waals surface area contributed by atoms with Crippen molar-refractivity contribution >= 4 is 29.4 Å². The zero-order chi connectivity index (χ0) is 34.5. The molecule has 0 unspecified atom stereocenters. The molecule has 1 aromatic carbocycles. The number of carboxylic acid groups (broad SMARTS) is 1. The largest absolute Gasteiger partial charge is 0.477 e. The Kier molecular flexibility index (Phi) is 15.6. The molecule has 46 heavy (non-hydrogen) atoms. The molecular formula is C29H38ClF3N2O11. The highest BCUT2D eigenvalue weighted by Crippen LogP contribution is 2.36. The van der Waals surface area contributed by atoms with E-state index in [2.05, 4.69) is 16.6 Å². The normalized spacial score (nSPS) is 22.8. The fraction of sp³-hybridized carbons (Fsp3) is 0.621. The molecule has 1 aliphatic heterocycles. The molecule has 1 aromatic rings. The Morgan fingerprint density at radius 2 is 1.83 bits per heavy atom. The molecule has 7 N–H and O–H groups in total. The van der Waals surface area contributed by atoms with Gasteiger partial charge in [0.15, 0.2) is 0 Å². The molecule has 2 rings (SSSR count). The number of rotatable bonds is 18. The number of nitrogens with one attached hydrogen (secondary N) is 2. The topological polar surface area (TPSA) is 204 Å². The number of carbonyl (C=O) groups is 3. The van der Waals surface area contributed by atoms with Crippen molar-refractivity contribution in [3.63, 3.8) is 0 Å². The second-order valence-electron chi connectivity index (χ2n) is 10.5. The summed E-state index contributed by atoms with van der Waals surface area (Å²) >= 11 is 5.59. The molecule has 0 radical (unpaired) electrons. The first kappa shape index (κ1) is 39.2. The van der Waals surface area contributed by atoms with Crippen molar-refractivity contribution in [2.24, 2.45) is 0 Å². The summed E-state index contributed by atoms with van der Waals surface area (Å²) in [5.41, 5.74) is -1.19. The lowest BCUT2D eigenvalue weighted by Gasteiger charge is -2.46. The summed E-state index contributed by atoms with van der Waals surface area (Å²) in [7, 11) is 0. The molecule has 0 saturated carbocycles. The molecule has 1 saturated heterocycles. The summed E-state index contributed by atoms with van der Waals surface area (Å²) in [6, 6.07) is 1.34. The van der Waals surface area contributed by atoms with E-state index >= 15 is 0 Å². The number of amides is 2. The van der Waals surface area contributed by atoms with Gasteiger partial charge in [-0.3, -0.25) is 9.59 Å². The third-order valence-electron chi connectivity index (χ3n) is 7.01. The van der Waals surface area contributed by atoms with Gasteiger partial charge < -0.3 is 50.4 Å². The molecule has 0 spiro atoms. The number of hydrogen-bond acceptors (Lipinski definition) is 10. The number of aliphatic hydroxyl groups is 4. The van der Waals surface area contributed by atoms with E-state index < -0.39 is 96.8 Å². The molecule has 1 heterocycles. The number of carbonyl (C=O) groups excluding carboxylic acids is 2. The maximum Gasteiger partial charge on any atom is 0.417 e. The first-order valence-electron chi connectivity index (χ1n) is 14.3. The van der Waals surface area contributed by atoms with Gasteiger partial charge >= 0.3 is 12.1 Å². The standard InChI is InChI=1S/C29H38ClF3N2O11/c1-2-9-44-10-5-3-4-6-11-45-28(27(42)43)14-20(37)24(35-23(40)16-36)26(46-28)25(41)21(38)15-34-22(39)13-17-7-8-19(30)18(12-17)29(31,32)33/h1,7-8,12,20-21,24-26,36-38,41H,3-6,9-11,13-16H2,(H,34,39)(H,35,40)(H,42,43)/t20-,21+,24+,25+,26+,28+/m0/s1. The average molecular weight is 683 g/mol. The Balaban J connectivity index is 2.09. The van der Waals surface area contributed by atoms with E-state index in [-0.39, 0.29) is 18.8 Å².